The van der Waals surface area contributed by atoms with Crippen molar-refractivity contribution in [1.29, 1.82) is 0 Å². The smallest absolute Gasteiger partial charge is 0.241 e. The zero-order chi connectivity index (χ0) is 15.1. The molecule has 2 amide bonds. The van der Waals surface area contributed by atoms with E-state index in [-0.39, 0.29) is 24.6 Å². The molecule has 1 unspecified atom stereocenters. The van der Waals surface area contributed by atoms with Gasteiger partial charge in [-0.3, -0.25) is 9.59 Å². The van der Waals surface area contributed by atoms with Crippen LogP contribution in [0, 0.1) is 0 Å². The molecule has 7 nitrogen and oxygen atoms in total. The van der Waals surface area contributed by atoms with Gasteiger partial charge in [-0.15, -0.1) is 0 Å². The van der Waals surface area contributed by atoms with Gasteiger partial charge in [0.1, 0.15) is 9.84 Å². The molecule has 0 rings (SSSR count). The van der Waals surface area contributed by atoms with Gasteiger partial charge in [0.05, 0.1) is 18.3 Å². The summed E-state index contributed by atoms with van der Waals surface area (Å²) in [6, 6.07) is -0.917. The zero-order valence-electron chi connectivity index (χ0n) is 11.7. The van der Waals surface area contributed by atoms with Crippen LogP contribution in [-0.4, -0.2) is 62.8 Å². The lowest BCUT2D eigenvalue weighted by Crippen LogP contribution is -2.46. The van der Waals surface area contributed by atoms with Crippen LogP contribution in [0.25, 0.3) is 0 Å². The zero-order valence-corrected chi connectivity index (χ0v) is 12.5. The molecule has 0 aliphatic heterocycles. The third-order valence-electron chi connectivity index (χ3n) is 2.67. The third-order valence-corrected chi connectivity index (χ3v) is 3.64. The second-order valence-electron chi connectivity index (χ2n) is 4.31. The molecule has 0 heterocycles. The number of nitrogens with two attached hydrogens (primary N) is 1. The van der Waals surface area contributed by atoms with Gasteiger partial charge in [0.15, 0.2) is 0 Å². The van der Waals surface area contributed by atoms with Crippen LogP contribution < -0.4 is 11.1 Å². The van der Waals surface area contributed by atoms with Crippen molar-refractivity contribution in [3.05, 3.63) is 0 Å². The Kier molecular flexibility index (Phi) is 7.62. The van der Waals surface area contributed by atoms with Gasteiger partial charge >= 0.3 is 0 Å². The minimum Gasteiger partial charge on any atom is -0.346 e. The van der Waals surface area contributed by atoms with Crippen molar-refractivity contribution in [2.24, 2.45) is 5.73 Å². The molecule has 0 aromatic rings. The van der Waals surface area contributed by atoms with Crippen LogP contribution in [0.4, 0.5) is 0 Å². The van der Waals surface area contributed by atoms with Crippen LogP contribution in [0.15, 0.2) is 0 Å². The summed E-state index contributed by atoms with van der Waals surface area (Å²) in [7, 11) is -3.14. The highest BCUT2D eigenvalue weighted by Crippen LogP contribution is 1.94. The third kappa shape index (κ3) is 7.78. The monoisotopic (exact) mass is 293 g/mol. The van der Waals surface area contributed by atoms with Gasteiger partial charge in [-0.25, -0.2) is 8.42 Å². The first kappa shape index (κ1) is 17.8. The molecule has 0 aliphatic rings. The minimum absolute atomic E-state index is 0.0458. The molecule has 8 heteroatoms. The van der Waals surface area contributed by atoms with E-state index in [9.17, 15) is 18.0 Å². The summed E-state index contributed by atoms with van der Waals surface area (Å²) in [6.45, 7) is 4.73. The van der Waals surface area contributed by atoms with Crippen LogP contribution in [0.3, 0.4) is 0 Å². The molecule has 112 valence electrons. The molecule has 0 saturated carbocycles. The highest BCUT2D eigenvalue weighted by atomic mass is 32.2. The number of rotatable bonds is 8. The van der Waals surface area contributed by atoms with E-state index < -0.39 is 21.8 Å². The Labute approximate surface area is 114 Å². The summed E-state index contributed by atoms with van der Waals surface area (Å²) >= 11 is 0. The van der Waals surface area contributed by atoms with Crippen molar-refractivity contribution < 1.29 is 18.0 Å². The summed E-state index contributed by atoms with van der Waals surface area (Å²) in [5.74, 6) is -0.844. The predicted octanol–water partition coefficient (Wildman–Crippen LogP) is -1.27. The van der Waals surface area contributed by atoms with E-state index >= 15 is 0 Å². The molecular formula is C11H23N3O4S. The summed E-state index contributed by atoms with van der Waals surface area (Å²) in [6.07, 6.45) is 1.13. The highest BCUT2D eigenvalue weighted by molar-refractivity contribution is 7.90. The van der Waals surface area contributed by atoms with E-state index in [0.717, 1.165) is 6.26 Å². The minimum atomic E-state index is -3.14. The Morgan fingerprint density at radius 2 is 1.79 bits per heavy atom. The Bertz CT molecular complexity index is 404. The largest absolute Gasteiger partial charge is 0.346 e. The van der Waals surface area contributed by atoms with Gasteiger partial charge in [-0.2, -0.15) is 0 Å². The normalized spacial score (nSPS) is 12.8. The van der Waals surface area contributed by atoms with Gasteiger partial charge in [-0.1, -0.05) is 0 Å². The molecule has 3 N–H and O–H groups in total. The molecule has 0 fully saturated rings. The fourth-order valence-electron chi connectivity index (χ4n) is 1.45. The van der Waals surface area contributed by atoms with E-state index in [1.807, 2.05) is 13.8 Å². The number of carbonyl (C=O) groups excluding carboxylic acids is 2. The van der Waals surface area contributed by atoms with Gasteiger partial charge < -0.3 is 16.0 Å². The maximum absolute atomic E-state index is 11.6. The molecule has 0 aromatic carbocycles. The van der Waals surface area contributed by atoms with E-state index in [2.05, 4.69) is 5.32 Å². The number of nitrogens with one attached hydrogen (secondary N) is 1. The molecule has 0 aliphatic carbocycles. The van der Waals surface area contributed by atoms with Crippen LogP contribution in [0.2, 0.25) is 0 Å². The van der Waals surface area contributed by atoms with E-state index in [1.165, 1.54) is 0 Å². The van der Waals surface area contributed by atoms with Crippen molar-refractivity contribution in [2.45, 2.75) is 26.3 Å². The maximum atomic E-state index is 11.6. The second kappa shape index (κ2) is 8.11. The summed E-state index contributed by atoms with van der Waals surface area (Å²) in [5, 5.41) is 2.42. The summed E-state index contributed by atoms with van der Waals surface area (Å²) < 4.78 is 21.9. The molecule has 0 radical (unpaired) electrons. The highest BCUT2D eigenvalue weighted by Gasteiger charge is 2.17. The van der Waals surface area contributed by atoms with Crippen LogP contribution >= 0.6 is 0 Å². The Balaban J connectivity index is 4.13. The molecular weight excluding hydrogens is 270 g/mol. The molecule has 0 saturated heterocycles. The van der Waals surface area contributed by atoms with Crippen LogP contribution in [0.1, 0.15) is 20.3 Å². The Morgan fingerprint density at radius 3 is 2.21 bits per heavy atom. The molecule has 19 heavy (non-hydrogen) atoms. The predicted molar refractivity (Wildman–Crippen MR) is 73.2 cm³/mol. The summed E-state index contributed by atoms with van der Waals surface area (Å²) in [4.78, 5) is 24.8. The van der Waals surface area contributed by atoms with Crippen LogP contribution in [0.5, 0.6) is 0 Å². The van der Waals surface area contributed by atoms with E-state index in [4.69, 9.17) is 5.73 Å². The fourth-order valence-corrected chi connectivity index (χ4v) is 2.14. The lowest BCUT2D eigenvalue weighted by atomic mass is 10.2. The van der Waals surface area contributed by atoms with Crippen molar-refractivity contribution in [1.82, 2.24) is 10.2 Å². The Morgan fingerprint density at radius 1 is 1.26 bits per heavy atom. The number of hydrogen-bond donors (Lipinski definition) is 2. The van der Waals surface area contributed by atoms with Gasteiger partial charge in [0.2, 0.25) is 11.8 Å². The van der Waals surface area contributed by atoms with Gasteiger partial charge in [0, 0.05) is 19.3 Å². The topological polar surface area (TPSA) is 110 Å². The van der Waals surface area contributed by atoms with Crippen molar-refractivity contribution >= 4 is 21.7 Å². The van der Waals surface area contributed by atoms with E-state index in [1.54, 1.807) is 4.90 Å². The number of sulfone groups is 1. The number of hydrogen-bond acceptors (Lipinski definition) is 5. The first-order valence-corrected chi connectivity index (χ1v) is 8.26. The van der Waals surface area contributed by atoms with Gasteiger partial charge in [0.25, 0.3) is 0 Å². The first-order valence-electron chi connectivity index (χ1n) is 6.20. The lowest BCUT2D eigenvalue weighted by molar-refractivity contribution is -0.132. The van der Waals surface area contributed by atoms with Crippen molar-refractivity contribution in [2.75, 3.05) is 31.6 Å². The van der Waals surface area contributed by atoms with Crippen molar-refractivity contribution in [3.63, 3.8) is 0 Å². The molecule has 0 aromatic heterocycles. The van der Waals surface area contributed by atoms with Crippen LogP contribution in [-0.2, 0) is 19.4 Å². The quantitative estimate of drug-likeness (QED) is 0.580. The van der Waals surface area contributed by atoms with Gasteiger partial charge in [-0.05, 0) is 20.3 Å². The number of amides is 2. The lowest BCUT2D eigenvalue weighted by Gasteiger charge is -2.19. The number of carbonyl (C=O) groups is 2. The maximum Gasteiger partial charge on any atom is 0.241 e. The fraction of sp³-hybridized carbons (Fsp3) is 0.818. The molecule has 0 spiro atoms. The second-order valence-corrected chi connectivity index (χ2v) is 6.57. The van der Waals surface area contributed by atoms with Crippen molar-refractivity contribution in [3.8, 4) is 0 Å². The average Bonchev–Trinajstić information content (AvgIpc) is 2.33. The summed E-state index contributed by atoms with van der Waals surface area (Å²) in [5.41, 5.74) is 5.55. The number of likely N-dealkylation sites (N-methyl/N-ethyl adjacent to an activating group) is 1. The first-order chi connectivity index (χ1) is 8.71. The molecule has 0 bridgehead atoms. The average molecular weight is 293 g/mol. The Hall–Kier alpha value is -1.15. The standard InChI is InChI=1S/C11H23N3O4S/c1-4-14(5-2)10(15)8-13-11(16)9(12)6-7-19(3,17)18/h9H,4-8,12H2,1-3H3,(H,13,16). The molecule has 1 atom stereocenters. The number of nitrogens with zero attached hydrogens (tertiary/aromatic N) is 1. The van der Waals surface area contributed by atoms with E-state index in [0.29, 0.717) is 13.1 Å². The SMILES string of the molecule is CCN(CC)C(=O)CNC(=O)C(N)CCS(C)(=O)=O.